The first-order valence-electron chi connectivity index (χ1n) is 6.12. The van der Waals surface area contributed by atoms with Gasteiger partial charge in [-0.1, -0.05) is 6.07 Å². The second-order valence-electron chi connectivity index (χ2n) is 4.57. The quantitative estimate of drug-likeness (QED) is 0.836. The first kappa shape index (κ1) is 12.2. The lowest BCUT2D eigenvalue weighted by Crippen LogP contribution is -2.12. The van der Waals surface area contributed by atoms with Crippen molar-refractivity contribution in [3.8, 4) is 5.69 Å². The molecule has 0 radical (unpaired) electrons. The smallest absolute Gasteiger partial charge is 0.150 e. The molecule has 2 aromatic rings. The monoisotopic (exact) mass is 265 g/mol. The fourth-order valence-corrected chi connectivity index (χ4v) is 2.36. The van der Waals surface area contributed by atoms with Gasteiger partial charge in [0.1, 0.15) is 29.0 Å². The minimum Gasteiger partial charge on any atom is -0.381 e. The molecule has 0 aliphatic carbocycles. The van der Waals surface area contributed by atoms with Gasteiger partial charge in [0.2, 0.25) is 0 Å². The standard InChI is InChI=1S/C13H13F2N3O/c1-8-16-17-13(9-5-6-19-7-9)18(8)12-10(14)3-2-4-11(12)15/h2-4,9H,5-7H2,1H3/t9-/m1/s1. The van der Waals surface area contributed by atoms with Crippen molar-refractivity contribution >= 4 is 0 Å². The van der Waals surface area contributed by atoms with Crippen LogP contribution in [-0.2, 0) is 4.74 Å². The number of hydrogen-bond donors (Lipinski definition) is 0. The van der Waals surface area contributed by atoms with Crippen molar-refractivity contribution in [2.75, 3.05) is 13.2 Å². The van der Waals surface area contributed by atoms with E-state index in [0.29, 0.717) is 24.9 Å². The van der Waals surface area contributed by atoms with E-state index < -0.39 is 11.6 Å². The van der Waals surface area contributed by atoms with Crippen LogP contribution in [0.1, 0.15) is 24.0 Å². The SMILES string of the molecule is Cc1nnc([C@@H]2CCOC2)n1-c1c(F)cccc1F. The lowest BCUT2D eigenvalue weighted by atomic mass is 10.1. The zero-order valence-electron chi connectivity index (χ0n) is 10.4. The minimum absolute atomic E-state index is 0.0280. The maximum absolute atomic E-state index is 13.9. The van der Waals surface area contributed by atoms with Gasteiger partial charge in [-0.15, -0.1) is 10.2 Å². The lowest BCUT2D eigenvalue weighted by Gasteiger charge is -2.13. The Morgan fingerprint density at radius 1 is 1.26 bits per heavy atom. The fraction of sp³-hybridized carbons (Fsp3) is 0.385. The largest absolute Gasteiger partial charge is 0.381 e. The summed E-state index contributed by atoms with van der Waals surface area (Å²) in [7, 11) is 0. The number of rotatable bonds is 2. The van der Waals surface area contributed by atoms with Gasteiger partial charge >= 0.3 is 0 Å². The van der Waals surface area contributed by atoms with Gasteiger partial charge in [0.05, 0.1) is 6.61 Å². The van der Waals surface area contributed by atoms with Crippen LogP contribution < -0.4 is 0 Å². The van der Waals surface area contributed by atoms with Gasteiger partial charge in [-0.2, -0.15) is 0 Å². The van der Waals surface area contributed by atoms with Crippen LogP contribution in [0, 0.1) is 18.6 Å². The van der Waals surface area contributed by atoms with Gasteiger partial charge in [0.25, 0.3) is 0 Å². The molecule has 1 aliphatic rings. The maximum atomic E-state index is 13.9. The van der Waals surface area contributed by atoms with Gasteiger partial charge in [-0.3, -0.25) is 4.57 Å². The molecule has 1 aromatic heterocycles. The lowest BCUT2D eigenvalue weighted by molar-refractivity contribution is 0.193. The van der Waals surface area contributed by atoms with E-state index in [0.717, 1.165) is 6.42 Å². The van der Waals surface area contributed by atoms with E-state index in [2.05, 4.69) is 10.2 Å². The molecule has 3 rings (SSSR count). The van der Waals surface area contributed by atoms with Crippen LogP contribution >= 0.6 is 0 Å². The van der Waals surface area contributed by atoms with E-state index >= 15 is 0 Å². The highest BCUT2D eigenvalue weighted by Gasteiger charge is 2.27. The third kappa shape index (κ3) is 2.02. The Hall–Kier alpha value is -1.82. The number of para-hydroxylation sites is 1. The maximum Gasteiger partial charge on any atom is 0.150 e. The van der Waals surface area contributed by atoms with E-state index in [4.69, 9.17) is 4.74 Å². The highest BCUT2D eigenvalue weighted by Crippen LogP contribution is 2.28. The highest BCUT2D eigenvalue weighted by molar-refractivity contribution is 5.38. The molecule has 0 bridgehead atoms. The Balaban J connectivity index is 2.16. The Bertz CT molecular complexity index is 586. The van der Waals surface area contributed by atoms with Gasteiger partial charge in [-0.25, -0.2) is 8.78 Å². The highest BCUT2D eigenvalue weighted by atomic mass is 19.1. The number of halogens is 2. The van der Waals surface area contributed by atoms with Crippen LogP contribution in [0.4, 0.5) is 8.78 Å². The number of ether oxygens (including phenoxy) is 1. The predicted molar refractivity (Wildman–Crippen MR) is 64.2 cm³/mol. The van der Waals surface area contributed by atoms with Crippen molar-refractivity contribution in [3.05, 3.63) is 41.5 Å². The number of aromatic nitrogens is 3. The predicted octanol–water partition coefficient (Wildman–Crippen LogP) is 2.36. The summed E-state index contributed by atoms with van der Waals surface area (Å²) in [5, 5.41) is 8.00. The third-order valence-corrected chi connectivity index (χ3v) is 3.31. The fourth-order valence-electron chi connectivity index (χ4n) is 2.36. The number of aryl methyl sites for hydroxylation is 1. The summed E-state index contributed by atoms with van der Waals surface area (Å²) in [5.74, 6) is -0.198. The number of hydrogen-bond acceptors (Lipinski definition) is 3. The van der Waals surface area contributed by atoms with Gasteiger partial charge in [0, 0.05) is 12.5 Å². The molecular weight excluding hydrogens is 252 g/mol. The van der Waals surface area contributed by atoms with Crippen molar-refractivity contribution in [1.29, 1.82) is 0 Å². The van der Waals surface area contributed by atoms with Gasteiger partial charge in [0.15, 0.2) is 0 Å². The first-order valence-corrected chi connectivity index (χ1v) is 6.12. The van der Waals surface area contributed by atoms with Crippen LogP contribution in [-0.4, -0.2) is 28.0 Å². The molecular formula is C13H13F2N3O. The number of nitrogens with zero attached hydrogens (tertiary/aromatic N) is 3. The molecule has 19 heavy (non-hydrogen) atoms. The van der Waals surface area contributed by atoms with Crippen molar-refractivity contribution in [2.45, 2.75) is 19.3 Å². The summed E-state index contributed by atoms with van der Waals surface area (Å²) < 4.78 is 34.6. The Morgan fingerprint density at radius 2 is 2.00 bits per heavy atom. The molecule has 4 nitrogen and oxygen atoms in total. The summed E-state index contributed by atoms with van der Waals surface area (Å²) >= 11 is 0. The normalized spacial score (nSPS) is 19.0. The molecule has 1 atom stereocenters. The van der Waals surface area contributed by atoms with Crippen molar-refractivity contribution in [2.24, 2.45) is 0 Å². The molecule has 1 aromatic carbocycles. The summed E-state index contributed by atoms with van der Waals surface area (Å²) in [6.07, 6.45) is 0.786. The molecule has 6 heteroatoms. The zero-order valence-corrected chi connectivity index (χ0v) is 10.4. The van der Waals surface area contributed by atoms with E-state index in [9.17, 15) is 8.78 Å². The van der Waals surface area contributed by atoms with Crippen molar-refractivity contribution < 1.29 is 13.5 Å². The zero-order chi connectivity index (χ0) is 13.4. The Labute approximate surface area is 109 Å². The molecule has 100 valence electrons. The second kappa shape index (κ2) is 4.70. The molecule has 1 fully saturated rings. The summed E-state index contributed by atoms with van der Waals surface area (Å²) in [4.78, 5) is 0. The summed E-state index contributed by atoms with van der Waals surface area (Å²) in [5.41, 5.74) is -0.119. The topological polar surface area (TPSA) is 39.9 Å². The summed E-state index contributed by atoms with van der Waals surface area (Å²) in [6.45, 7) is 2.82. The average molecular weight is 265 g/mol. The van der Waals surface area contributed by atoms with Crippen molar-refractivity contribution in [1.82, 2.24) is 14.8 Å². The first-order chi connectivity index (χ1) is 9.18. The molecule has 0 saturated carbocycles. The third-order valence-electron chi connectivity index (χ3n) is 3.31. The minimum atomic E-state index is -0.622. The van der Waals surface area contributed by atoms with E-state index in [1.165, 1.54) is 22.8 Å². The average Bonchev–Trinajstić information content (AvgIpc) is 2.99. The van der Waals surface area contributed by atoms with Crippen LogP contribution in [0.25, 0.3) is 5.69 Å². The Kier molecular flexibility index (Phi) is 3.02. The van der Waals surface area contributed by atoms with Crippen LogP contribution in [0.15, 0.2) is 18.2 Å². The molecule has 0 unspecified atom stereocenters. The second-order valence-corrected chi connectivity index (χ2v) is 4.57. The van der Waals surface area contributed by atoms with Gasteiger partial charge in [-0.05, 0) is 25.5 Å². The molecule has 2 heterocycles. The van der Waals surface area contributed by atoms with Crippen LogP contribution in [0.3, 0.4) is 0 Å². The van der Waals surface area contributed by atoms with Crippen LogP contribution in [0.5, 0.6) is 0 Å². The molecule has 1 saturated heterocycles. The van der Waals surface area contributed by atoms with E-state index in [-0.39, 0.29) is 11.6 Å². The molecule has 0 amide bonds. The van der Waals surface area contributed by atoms with Crippen LogP contribution in [0.2, 0.25) is 0 Å². The van der Waals surface area contributed by atoms with E-state index in [1.807, 2.05) is 0 Å². The van der Waals surface area contributed by atoms with Gasteiger partial charge < -0.3 is 4.74 Å². The molecule has 1 aliphatic heterocycles. The number of benzene rings is 1. The van der Waals surface area contributed by atoms with E-state index in [1.54, 1.807) is 6.92 Å². The summed E-state index contributed by atoms with van der Waals surface area (Å²) in [6, 6.07) is 3.80. The molecule has 0 N–H and O–H groups in total. The Morgan fingerprint density at radius 3 is 2.63 bits per heavy atom. The molecule has 0 spiro atoms. The van der Waals surface area contributed by atoms with Crippen molar-refractivity contribution in [3.63, 3.8) is 0 Å².